The predicted molar refractivity (Wildman–Crippen MR) is 82.6 cm³/mol. The van der Waals surface area contributed by atoms with Crippen LogP contribution in [0, 0.1) is 11.8 Å². The van der Waals surface area contributed by atoms with E-state index in [1.54, 1.807) is 24.5 Å². The highest BCUT2D eigenvalue weighted by atomic mass is 16.1. The molecule has 0 fully saturated rings. The Kier molecular flexibility index (Phi) is 5.50. The lowest BCUT2D eigenvalue weighted by Gasteiger charge is -2.05. The molecule has 0 saturated carbocycles. The van der Waals surface area contributed by atoms with Crippen molar-refractivity contribution in [2.75, 3.05) is 13.1 Å². The van der Waals surface area contributed by atoms with Crippen molar-refractivity contribution < 1.29 is 4.79 Å². The Labute approximate surface area is 124 Å². The molecule has 2 aromatic rings. The number of carbonyl (C=O) groups is 1. The standard InChI is InChI=1S/C17H17N3O/c18-10-1-3-14-5-7-16(8-6-14)17(21)20-12-9-15-4-2-11-19-13-15/h2,4-8,11,13H,9-10,12,18H2,(H,20,21). The van der Waals surface area contributed by atoms with Gasteiger partial charge in [-0.1, -0.05) is 17.9 Å². The molecule has 0 atom stereocenters. The molecule has 0 bridgehead atoms. The summed E-state index contributed by atoms with van der Waals surface area (Å²) in [6, 6.07) is 11.0. The maximum atomic E-state index is 12.0. The first-order chi connectivity index (χ1) is 10.3. The summed E-state index contributed by atoms with van der Waals surface area (Å²) in [6.45, 7) is 0.913. The fourth-order valence-electron chi connectivity index (χ4n) is 1.83. The molecule has 2 rings (SSSR count). The van der Waals surface area contributed by atoms with Crippen molar-refractivity contribution in [1.82, 2.24) is 10.3 Å². The maximum absolute atomic E-state index is 12.0. The summed E-state index contributed by atoms with van der Waals surface area (Å²) in [5.41, 5.74) is 7.90. The van der Waals surface area contributed by atoms with Gasteiger partial charge in [0.15, 0.2) is 0 Å². The van der Waals surface area contributed by atoms with Crippen LogP contribution in [0.5, 0.6) is 0 Å². The minimum Gasteiger partial charge on any atom is -0.352 e. The number of nitrogens with zero attached hydrogens (tertiary/aromatic N) is 1. The fourth-order valence-corrected chi connectivity index (χ4v) is 1.83. The van der Waals surface area contributed by atoms with Crippen LogP contribution in [0.4, 0.5) is 0 Å². The Bertz CT molecular complexity index is 639. The Hall–Kier alpha value is -2.64. The molecule has 0 unspecified atom stereocenters. The van der Waals surface area contributed by atoms with Crippen molar-refractivity contribution in [2.24, 2.45) is 5.73 Å². The second kappa shape index (κ2) is 7.83. The molecule has 1 amide bonds. The van der Waals surface area contributed by atoms with Crippen LogP contribution in [0.3, 0.4) is 0 Å². The number of benzene rings is 1. The summed E-state index contributed by atoms with van der Waals surface area (Å²) in [5, 5.41) is 2.89. The molecule has 1 aromatic carbocycles. The van der Waals surface area contributed by atoms with E-state index in [1.807, 2.05) is 24.3 Å². The van der Waals surface area contributed by atoms with Crippen molar-refractivity contribution in [3.8, 4) is 11.8 Å². The number of hydrogen-bond donors (Lipinski definition) is 2. The average molecular weight is 279 g/mol. The number of hydrogen-bond acceptors (Lipinski definition) is 3. The fraction of sp³-hybridized carbons (Fsp3) is 0.176. The molecule has 0 spiro atoms. The van der Waals surface area contributed by atoms with Crippen LogP contribution in [-0.4, -0.2) is 24.0 Å². The van der Waals surface area contributed by atoms with E-state index >= 15 is 0 Å². The molecule has 4 heteroatoms. The summed E-state index contributed by atoms with van der Waals surface area (Å²) >= 11 is 0. The molecule has 4 nitrogen and oxygen atoms in total. The molecule has 0 aliphatic heterocycles. The monoisotopic (exact) mass is 279 g/mol. The third-order valence-corrected chi connectivity index (χ3v) is 2.90. The summed E-state index contributed by atoms with van der Waals surface area (Å²) in [5.74, 6) is 5.61. The van der Waals surface area contributed by atoms with Crippen molar-refractivity contribution in [3.05, 3.63) is 65.5 Å². The summed E-state index contributed by atoms with van der Waals surface area (Å²) < 4.78 is 0. The second-order valence-corrected chi connectivity index (χ2v) is 4.45. The van der Waals surface area contributed by atoms with Crippen LogP contribution in [0.2, 0.25) is 0 Å². The average Bonchev–Trinajstić information content (AvgIpc) is 2.54. The number of nitrogens with two attached hydrogens (primary N) is 1. The van der Waals surface area contributed by atoms with Gasteiger partial charge in [-0.05, 0) is 42.3 Å². The minimum absolute atomic E-state index is 0.0859. The van der Waals surface area contributed by atoms with Crippen LogP contribution in [-0.2, 0) is 6.42 Å². The number of carbonyl (C=O) groups excluding carboxylic acids is 1. The zero-order valence-corrected chi connectivity index (χ0v) is 11.7. The zero-order valence-electron chi connectivity index (χ0n) is 11.7. The Morgan fingerprint density at radius 3 is 2.71 bits per heavy atom. The topological polar surface area (TPSA) is 68.0 Å². The molecular formula is C17H17N3O. The lowest BCUT2D eigenvalue weighted by molar-refractivity contribution is 0.0954. The zero-order chi connectivity index (χ0) is 14.9. The van der Waals surface area contributed by atoms with Gasteiger partial charge in [-0.15, -0.1) is 0 Å². The molecule has 1 heterocycles. The normalized spacial score (nSPS) is 9.57. The van der Waals surface area contributed by atoms with E-state index in [-0.39, 0.29) is 5.91 Å². The largest absolute Gasteiger partial charge is 0.352 e. The smallest absolute Gasteiger partial charge is 0.251 e. The van der Waals surface area contributed by atoms with E-state index < -0.39 is 0 Å². The molecule has 0 radical (unpaired) electrons. The van der Waals surface area contributed by atoms with Gasteiger partial charge in [0.05, 0.1) is 6.54 Å². The van der Waals surface area contributed by atoms with Crippen molar-refractivity contribution in [3.63, 3.8) is 0 Å². The Morgan fingerprint density at radius 2 is 2.05 bits per heavy atom. The van der Waals surface area contributed by atoms with Gasteiger partial charge in [0.25, 0.3) is 5.91 Å². The van der Waals surface area contributed by atoms with Gasteiger partial charge in [0, 0.05) is 30.1 Å². The van der Waals surface area contributed by atoms with Crippen LogP contribution in [0.25, 0.3) is 0 Å². The van der Waals surface area contributed by atoms with E-state index in [4.69, 9.17) is 5.73 Å². The number of nitrogens with one attached hydrogen (secondary N) is 1. The minimum atomic E-state index is -0.0859. The van der Waals surface area contributed by atoms with Gasteiger partial charge >= 0.3 is 0 Å². The van der Waals surface area contributed by atoms with Gasteiger partial charge in [-0.25, -0.2) is 0 Å². The molecular weight excluding hydrogens is 262 g/mol. The van der Waals surface area contributed by atoms with Crippen LogP contribution >= 0.6 is 0 Å². The highest BCUT2D eigenvalue weighted by Crippen LogP contribution is 2.03. The molecule has 0 saturated heterocycles. The number of pyridine rings is 1. The summed E-state index contributed by atoms with van der Waals surface area (Å²) in [4.78, 5) is 16.0. The van der Waals surface area contributed by atoms with Gasteiger partial charge in [0.1, 0.15) is 0 Å². The Morgan fingerprint density at radius 1 is 1.24 bits per heavy atom. The van der Waals surface area contributed by atoms with Gasteiger partial charge < -0.3 is 11.1 Å². The Balaban J connectivity index is 1.85. The van der Waals surface area contributed by atoms with E-state index in [2.05, 4.69) is 22.1 Å². The number of aromatic nitrogens is 1. The van der Waals surface area contributed by atoms with E-state index in [0.717, 1.165) is 17.5 Å². The molecule has 0 aliphatic rings. The highest BCUT2D eigenvalue weighted by molar-refractivity contribution is 5.94. The summed E-state index contributed by atoms with van der Waals surface area (Å²) in [6.07, 6.45) is 4.30. The molecule has 0 aliphatic carbocycles. The quantitative estimate of drug-likeness (QED) is 0.830. The molecule has 1 aromatic heterocycles. The predicted octanol–water partition coefficient (Wildman–Crippen LogP) is 1.36. The lowest BCUT2D eigenvalue weighted by Crippen LogP contribution is -2.25. The first-order valence-corrected chi connectivity index (χ1v) is 6.75. The SMILES string of the molecule is NCC#Cc1ccc(C(=O)NCCc2cccnc2)cc1. The van der Waals surface area contributed by atoms with Gasteiger partial charge in [0.2, 0.25) is 0 Å². The molecule has 21 heavy (non-hydrogen) atoms. The first-order valence-electron chi connectivity index (χ1n) is 6.75. The maximum Gasteiger partial charge on any atom is 0.251 e. The van der Waals surface area contributed by atoms with Gasteiger partial charge in [-0.3, -0.25) is 9.78 Å². The van der Waals surface area contributed by atoms with Crippen LogP contribution in [0.15, 0.2) is 48.8 Å². The highest BCUT2D eigenvalue weighted by Gasteiger charge is 2.04. The van der Waals surface area contributed by atoms with Crippen molar-refractivity contribution >= 4 is 5.91 Å². The van der Waals surface area contributed by atoms with Crippen molar-refractivity contribution in [2.45, 2.75) is 6.42 Å². The molecule has 3 N–H and O–H groups in total. The van der Waals surface area contributed by atoms with E-state index in [1.165, 1.54) is 0 Å². The third kappa shape index (κ3) is 4.75. The number of rotatable bonds is 4. The van der Waals surface area contributed by atoms with Crippen LogP contribution in [0.1, 0.15) is 21.5 Å². The van der Waals surface area contributed by atoms with E-state index in [0.29, 0.717) is 18.7 Å². The summed E-state index contributed by atoms with van der Waals surface area (Å²) in [7, 11) is 0. The first kappa shape index (κ1) is 14.8. The van der Waals surface area contributed by atoms with Crippen molar-refractivity contribution in [1.29, 1.82) is 0 Å². The van der Waals surface area contributed by atoms with Gasteiger partial charge in [-0.2, -0.15) is 0 Å². The third-order valence-electron chi connectivity index (χ3n) is 2.90. The van der Waals surface area contributed by atoms with E-state index in [9.17, 15) is 4.79 Å². The van der Waals surface area contributed by atoms with Crippen LogP contribution < -0.4 is 11.1 Å². The second-order valence-electron chi connectivity index (χ2n) is 4.45. The number of amides is 1. The lowest BCUT2D eigenvalue weighted by atomic mass is 10.1. The molecule has 106 valence electrons.